The van der Waals surface area contributed by atoms with E-state index in [1.54, 1.807) is 39.0 Å². The number of imidazole rings is 2. The molecule has 2 N–H and O–H groups in total. The second-order valence-electron chi connectivity index (χ2n) is 14.9. The van der Waals surface area contributed by atoms with Crippen molar-refractivity contribution in [2.75, 3.05) is 36.9 Å². The minimum Gasteiger partial charge on any atom is -0.370 e. The SMILES string of the molecule is CN(C[C@H]1CC[C@H](n2cc(NC(=O)c3cnc4ccccn34)c(C(F)F)n2)CC1)C1CCN(c2cccc3c2n(C)c(=O)n3C2CCC(=O)NC2=O)CC1. The molecule has 1 aromatic carbocycles. The fraction of sp³-hybridized carbons (Fsp3) is 0.474. The second kappa shape index (κ2) is 14.5. The van der Waals surface area contributed by atoms with Crippen molar-refractivity contribution in [2.45, 2.75) is 75.9 Å². The summed E-state index contributed by atoms with van der Waals surface area (Å²) in [5.41, 5.74) is 2.58. The molecule has 16 heteroatoms. The number of aryl methyl sites for hydroxylation is 1. The van der Waals surface area contributed by atoms with Crippen LogP contribution in [0.4, 0.5) is 20.2 Å². The topological polar surface area (TPSA) is 144 Å². The zero-order valence-corrected chi connectivity index (χ0v) is 30.3. The summed E-state index contributed by atoms with van der Waals surface area (Å²) in [5, 5.41) is 9.27. The normalized spacial score (nSPS) is 21.4. The van der Waals surface area contributed by atoms with Gasteiger partial charge in [-0.1, -0.05) is 12.1 Å². The van der Waals surface area contributed by atoms with E-state index in [4.69, 9.17) is 0 Å². The molecule has 3 amide bonds. The summed E-state index contributed by atoms with van der Waals surface area (Å²) >= 11 is 0. The summed E-state index contributed by atoms with van der Waals surface area (Å²) in [6.07, 6.45) is 7.74. The lowest BCUT2D eigenvalue weighted by Crippen LogP contribution is -2.45. The number of rotatable bonds is 9. The van der Waals surface area contributed by atoms with Crippen molar-refractivity contribution in [3.05, 3.63) is 76.9 Å². The zero-order valence-electron chi connectivity index (χ0n) is 30.3. The monoisotopic (exact) mass is 742 g/mol. The smallest absolute Gasteiger partial charge is 0.329 e. The number of piperidine rings is 2. The van der Waals surface area contributed by atoms with Gasteiger partial charge in [-0.05, 0) is 82.2 Å². The summed E-state index contributed by atoms with van der Waals surface area (Å²) in [6.45, 7) is 2.58. The van der Waals surface area contributed by atoms with Gasteiger partial charge in [-0.2, -0.15) is 5.10 Å². The molecule has 0 spiro atoms. The average molecular weight is 743 g/mol. The van der Waals surface area contributed by atoms with Crippen LogP contribution in [0.25, 0.3) is 16.7 Å². The molecule has 3 fully saturated rings. The van der Waals surface area contributed by atoms with E-state index in [1.165, 1.54) is 17.0 Å². The van der Waals surface area contributed by atoms with E-state index < -0.39 is 30.0 Å². The molecule has 1 saturated carbocycles. The number of fused-ring (bicyclic) bond motifs is 2. The maximum Gasteiger partial charge on any atom is 0.329 e. The van der Waals surface area contributed by atoms with E-state index in [0.29, 0.717) is 29.5 Å². The van der Waals surface area contributed by atoms with Crippen molar-refractivity contribution in [3.63, 3.8) is 0 Å². The number of hydrogen-bond acceptors (Lipinski definition) is 8. The van der Waals surface area contributed by atoms with Crippen LogP contribution in [0, 0.1) is 5.92 Å². The number of carbonyl (C=O) groups excluding carboxylic acids is 3. The van der Waals surface area contributed by atoms with Gasteiger partial charge in [-0.15, -0.1) is 0 Å². The Kier molecular flexibility index (Phi) is 9.54. The summed E-state index contributed by atoms with van der Waals surface area (Å²) in [7, 11) is 3.91. The number of amides is 3. The first-order chi connectivity index (χ1) is 26.1. The van der Waals surface area contributed by atoms with Gasteiger partial charge in [0.15, 0.2) is 5.69 Å². The number of anilines is 2. The summed E-state index contributed by atoms with van der Waals surface area (Å²) in [5.74, 6) is -0.816. The molecule has 6 heterocycles. The van der Waals surface area contributed by atoms with Gasteiger partial charge >= 0.3 is 5.69 Å². The number of nitrogens with zero attached hydrogens (tertiary/aromatic N) is 8. The van der Waals surface area contributed by atoms with Crippen LogP contribution >= 0.6 is 0 Å². The maximum atomic E-state index is 14.1. The molecule has 1 atom stereocenters. The number of hydrogen-bond donors (Lipinski definition) is 2. The Bertz CT molecular complexity index is 2280. The van der Waals surface area contributed by atoms with Crippen molar-refractivity contribution >= 4 is 45.8 Å². The number of aromatic nitrogens is 6. The van der Waals surface area contributed by atoms with E-state index in [-0.39, 0.29) is 35.4 Å². The molecule has 0 radical (unpaired) electrons. The third kappa shape index (κ3) is 6.56. The predicted molar refractivity (Wildman–Crippen MR) is 198 cm³/mol. The van der Waals surface area contributed by atoms with Crippen molar-refractivity contribution in [3.8, 4) is 0 Å². The number of nitrogens with one attached hydrogen (secondary N) is 2. The standard InChI is InChI=1S/C38H44F2N10O4/c1-45(24-15-18-47(19-16-24)27-6-5-7-28-34(27)46(2)38(54)50(28)29-13-14-32(51)43-36(29)52)21-23-9-11-25(12-10-23)49-22-26(33(44-49)35(39)40)42-37(53)30-20-41-31-8-3-4-17-48(30)31/h3-8,17,20,22-25,29,35H,9-16,18-19,21H2,1-2H3,(H,42,53)(H,43,51,52)/t23-,25-,29?. The summed E-state index contributed by atoms with van der Waals surface area (Å²) < 4.78 is 34.5. The second-order valence-corrected chi connectivity index (χ2v) is 14.9. The van der Waals surface area contributed by atoms with Crippen molar-refractivity contribution in [1.29, 1.82) is 0 Å². The molecule has 4 aromatic heterocycles. The van der Waals surface area contributed by atoms with Gasteiger partial charge < -0.3 is 15.1 Å². The van der Waals surface area contributed by atoms with Gasteiger partial charge in [0.1, 0.15) is 17.4 Å². The number of carbonyl (C=O) groups is 3. The van der Waals surface area contributed by atoms with E-state index in [2.05, 4.69) is 37.6 Å². The number of para-hydroxylation sites is 1. The Balaban J connectivity index is 0.868. The average Bonchev–Trinajstić information content (AvgIpc) is 3.87. The molecule has 14 nitrogen and oxygen atoms in total. The van der Waals surface area contributed by atoms with Crippen molar-refractivity contribution in [2.24, 2.45) is 13.0 Å². The van der Waals surface area contributed by atoms with E-state index in [1.807, 2.05) is 24.3 Å². The van der Waals surface area contributed by atoms with Gasteiger partial charge in [0.25, 0.3) is 12.3 Å². The Labute approximate surface area is 309 Å². The Morgan fingerprint density at radius 2 is 1.80 bits per heavy atom. The number of imide groups is 1. The third-order valence-electron chi connectivity index (χ3n) is 11.6. The van der Waals surface area contributed by atoms with Gasteiger partial charge in [-0.3, -0.25) is 37.9 Å². The van der Waals surface area contributed by atoms with Crippen LogP contribution in [-0.4, -0.2) is 83.6 Å². The fourth-order valence-electron chi connectivity index (χ4n) is 8.74. The predicted octanol–water partition coefficient (Wildman–Crippen LogP) is 4.68. The van der Waals surface area contributed by atoms with Crippen LogP contribution < -0.4 is 21.2 Å². The number of alkyl halides is 2. The van der Waals surface area contributed by atoms with Gasteiger partial charge in [0, 0.05) is 51.5 Å². The molecule has 5 aromatic rings. The number of benzene rings is 1. The minimum absolute atomic E-state index is 0.0134. The molecule has 284 valence electrons. The first-order valence-electron chi connectivity index (χ1n) is 18.7. The minimum atomic E-state index is -2.83. The summed E-state index contributed by atoms with van der Waals surface area (Å²) in [6, 6.07) is 10.8. The van der Waals surface area contributed by atoms with Crippen molar-refractivity contribution < 1.29 is 23.2 Å². The van der Waals surface area contributed by atoms with Crippen LogP contribution in [0.5, 0.6) is 0 Å². The first-order valence-corrected chi connectivity index (χ1v) is 18.7. The largest absolute Gasteiger partial charge is 0.370 e. The highest BCUT2D eigenvalue weighted by Gasteiger charge is 2.34. The van der Waals surface area contributed by atoms with Crippen LogP contribution in [0.3, 0.4) is 0 Å². The molecule has 54 heavy (non-hydrogen) atoms. The maximum absolute atomic E-state index is 14.1. The van der Waals surface area contributed by atoms with Crippen LogP contribution in [0.2, 0.25) is 0 Å². The zero-order chi connectivity index (χ0) is 37.7. The van der Waals surface area contributed by atoms with Crippen LogP contribution in [0.15, 0.2) is 59.8 Å². The van der Waals surface area contributed by atoms with E-state index in [0.717, 1.165) is 69.4 Å². The molecule has 2 saturated heterocycles. The highest BCUT2D eigenvalue weighted by atomic mass is 19.3. The molecular formula is C38H44F2N10O4. The molecular weight excluding hydrogens is 698 g/mol. The lowest BCUT2D eigenvalue weighted by atomic mass is 9.85. The quantitative estimate of drug-likeness (QED) is 0.207. The van der Waals surface area contributed by atoms with E-state index in [9.17, 15) is 28.0 Å². The number of pyridine rings is 1. The van der Waals surface area contributed by atoms with Gasteiger partial charge in [-0.25, -0.2) is 18.6 Å². The fourth-order valence-corrected chi connectivity index (χ4v) is 8.74. The highest BCUT2D eigenvalue weighted by Crippen LogP contribution is 2.36. The van der Waals surface area contributed by atoms with E-state index >= 15 is 0 Å². The van der Waals surface area contributed by atoms with Gasteiger partial charge in [0.05, 0.1) is 34.6 Å². The Morgan fingerprint density at radius 1 is 1.02 bits per heavy atom. The van der Waals surface area contributed by atoms with Crippen LogP contribution in [-0.2, 0) is 16.6 Å². The molecule has 0 bridgehead atoms. The molecule has 2 aliphatic heterocycles. The molecule has 1 aliphatic carbocycles. The Morgan fingerprint density at radius 3 is 2.54 bits per heavy atom. The summed E-state index contributed by atoms with van der Waals surface area (Å²) in [4.78, 5) is 59.9. The molecule has 1 unspecified atom stereocenters. The highest BCUT2D eigenvalue weighted by molar-refractivity contribution is 6.04. The molecule has 3 aliphatic rings. The lowest BCUT2D eigenvalue weighted by Gasteiger charge is -2.40. The van der Waals surface area contributed by atoms with Crippen molar-refractivity contribution in [1.82, 2.24) is 38.5 Å². The third-order valence-corrected chi connectivity index (χ3v) is 11.6. The first kappa shape index (κ1) is 35.6. The lowest BCUT2D eigenvalue weighted by molar-refractivity contribution is -0.135. The van der Waals surface area contributed by atoms with Crippen LogP contribution in [0.1, 0.15) is 86.1 Å². The van der Waals surface area contributed by atoms with Gasteiger partial charge in [0.2, 0.25) is 11.8 Å². The molecule has 8 rings (SSSR count). The Hall–Kier alpha value is -5.38. The number of halogens is 2.